The van der Waals surface area contributed by atoms with E-state index in [-0.39, 0.29) is 60.4 Å². The lowest BCUT2D eigenvalue weighted by Gasteiger charge is -2.17. The van der Waals surface area contributed by atoms with Crippen molar-refractivity contribution < 1.29 is 41.0 Å². The number of hydrogen-bond donors (Lipinski definition) is 3. The first-order valence-corrected chi connectivity index (χ1v) is 22.0. The fraction of sp³-hybridized carbons (Fsp3) is 0.300. The van der Waals surface area contributed by atoms with Gasteiger partial charge in [-0.15, -0.1) is 10.2 Å². The number of nitrogens with two attached hydrogens (primary N) is 1. The summed E-state index contributed by atoms with van der Waals surface area (Å²) < 4.78 is 64.1. The Morgan fingerprint density at radius 3 is 2.31 bits per heavy atom. The maximum Gasteiger partial charge on any atom is 0.307 e. The Kier molecular flexibility index (Phi) is 13.5. The molecule has 4 bridgehead atoms. The number of rotatable bonds is 10. The summed E-state index contributed by atoms with van der Waals surface area (Å²) in [6.07, 6.45) is 5.95. The maximum absolute atomic E-state index is 12.7. The number of carboxylic acid groups (broad SMARTS) is 1. The number of carboxylic acids is 1. The van der Waals surface area contributed by atoms with Crippen molar-refractivity contribution >= 4 is 31.9 Å². The van der Waals surface area contributed by atoms with Crippen molar-refractivity contribution in [2.24, 2.45) is 5.14 Å². The van der Waals surface area contributed by atoms with E-state index >= 15 is 0 Å². The molecule has 0 saturated carbocycles. The van der Waals surface area contributed by atoms with Gasteiger partial charge in [-0.1, -0.05) is 64.1 Å². The first kappa shape index (κ1) is 44.0. The molecule has 19 nitrogen and oxygen atoms in total. The van der Waals surface area contributed by atoms with Crippen LogP contribution in [0.5, 0.6) is 11.8 Å². The Morgan fingerprint density at radius 2 is 1.62 bits per heavy atom. The zero-order chi connectivity index (χ0) is 43.9. The third kappa shape index (κ3) is 11.2. The monoisotopic (exact) mass is 872 g/mol. The van der Waals surface area contributed by atoms with Gasteiger partial charge in [0.05, 0.1) is 38.3 Å². The van der Waals surface area contributed by atoms with Gasteiger partial charge >= 0.3 is 5.97 Å². The van der Waals surface area contributed by atoms with Gasteiger partial charge in [0.1, 0.15) is 13.2 Å². The summed E-state index contributed by atoms with van der Waals surface area (Å²) in [5.41, 5.74) is 6.36. The maximum atomic E-state index is 12.7. The minimum Gasteiger partial charge on any atom is -0.481 e. The molecule has 21 heteroatoms. The highest BCUT2D eigenvalue weighted by molar-refractivity contribution is 7.90. The van der Waals surface area contributed by atoms with Crippen LogP contribution in [0.1, 0.15) is 61.8 Å². The van der Waals surface area contributed by atoms with Gasteiger partial charge in [0, 0.05) is 35.7 Å². The number of nitrogens with one attached hydrogen (secondary N) is 1. The number of nitrogens with zero attached hydrogens (tertiary/aromatic N) is 8. The first-order chi connectivity index (χ1) is 29.0. The molecule has 0 unspecified atom stereocenters. The van der Waals surface area contributed by atoms with E-state index in [1.165, 1.54) is 33.9 Å². The summed E-state index contributed by atoms with van der Waals surface area (Å²) in [5, 5.41) is 37.8. The van der Waals surface area contributed by atoms with Crippen molar-refractivity contribution in [2.75, 3.05) is 13.2 Å². The third-order valence-electron chi connectivity index (χ3n) is 9.41. The van der Waals surface area contributed by atoms with E-state index < -0.39 is 31.9 Å². The molecule has 0 spiro atoms. The SMILES string of the molecule is CC(C)c1cccc(-c2cnnc(OCCn3ccc(S(N)(=O)=O)n3)c2)c1CC(=O)O.CC(C)c1cccc2c1CC(=O)NS(=O)(=O)c1ccn(n1)CCOc1cc-2cnn1. The smallest absolute Gasteiger partial charge is 0.307 e. The van der Waals surface area contributed by atoms with Crippen molar-refractivity contribution in [3.63, 3.8) is 0 Å². The normalized spacial score (nSPS) is 13.8. The minimum absolute atomic E-state index is 0.103. The van der Waals surface area contributed by atoms with Crippen molar-refractivity contribution in [3.05, 3.63) is 108 Å². The average molecular weight is 873 g/mol. The standard InChI is InChI=1S/C20H23N5O5S.C20H21N5O4S/c1-13(2)15-4-3-5-16(17(15)11-20(26)27)14-10-18(23-22-12-14)30-9-8-25-7-6-19(24-25)31(21,28)29;1-13(2)15-4-3-5-16-14-10-19(22-21-12-14)29-9-8-25-7-6-20(23-25)30(27,28)24-18(26)11-17(15)16/h3-7,10,12-13H,8-9,11H2,1-2H3,(H,26,27)(H2,21,28,29);3-7,10,12-13H,8-9,11H2,1-2H3,(H,24,26). The molecule has 61 heavy (non-hydrogen) atoms. The lowest BCUT2D eigenvalue weighted by atomic mass is 9.89. The molecule has 7 rings (SSSR count). The fourth-order valence-corrected chi connectivity index (χ4v) is 8.02. The first-order valence-electron chi connectivity index (χ1n) is 19.0. The average Bonchev–Trinajstić information content (AvgIpc) is 3.89. The van der Waals surface area contributed by atoms with Gasteiger partial charge in [-0.3, -0.25) is 19.0 Å². The number of fused-ring (bicyclic) bond motifs is 6. The molecule has 0 fully saturated rings. The third-order valence-corrected chi connectivity index (χ3v) is 11.5. The summed E-state index contributed by atoms with van der Waals surface area (Å²) in [4.78, 5) is 24.2. The van der Waals surface area contributed by atoms with Crippen LogP contribution in [0.2, 0.25) is 0 Å². The van der Waals surface area contributed by atoms with Crippen LogP contribution in [0.15, 0.2) is 95.5 Å². The van der Waals surface area contributed by atoms with Gasteiger partial charge in [0.25, 0.3) is 20.0 Å². The molecule has 0 saturated heterocycles. The van der Waals surface area contributed by atoms with E-state index in [2.05, 4.69) is 35.3 Å². The van der Waals surface area contributed by atoms with E-state index in [4.69, 9.17) is 14.6 Å². The highest BCUT2D eigenvalue weighted by atomic mass is 32.2. The molecule has 4 N–H and O–H groups in total. The zero-order valence-electron chi connectivity index (χ0n) is 33.7. The van der Waals surface area contributed by atoms with Crippen molar-refractivity contribution in [1.82, 2.24) is 44.7 Å². The highest BCUT2D eigenvalue weighted by Gasteiger charge is 2.24. The van der Waals surface area contributed by atoms with Gasteiger partial charge in [0.2, 0.25) is 17.7 Å². The Labute approximate surface area is 352 Å². The molecule has 0 aliphatic carbocycles. The molecule has 2 aromatic carbocycles. The molecule has 1 amide bonds. The molecule has 320 valence electrons. The molecule has 5 heterocycles. The molecule has 0 atom stereocenters. The Bertz CT molecular complexity index is 2770. The highest BCUT2D eigenvalue weighted by Crippen LogP contribution is 2.33. The van der Waals surface area contributed by atoms with Crippen LogP contribution < -0.4 is 19.3 Å². The van der Waals surface area contributed by atoms with Crippen LogP contribution >= 0.6 is 0 Å². The molecular formula is C40H44N10O9S2. The van der Waals surface area contributed by atoms with E-state index in [9.17, 15) is 31.5 Å². The fourth-order valence-electron chi connectivity index (χ4n) is 6.62. The molecule has 0 radical (unpaired) electrons. The molecule has 1 aliphatic heterocycles. The van der Waals surface area contributed by atoms with E-state index in [0.29, 0.717) is 18.0 Å². The molecule has 4 aromatic heterocycles. The van der Waals surface area contributed by atoms with Gasteiger partial charge in [-0.2, -0.15) is 28.8 Å². The zero-order valence-corrected chi connectivity index (χ0v) is 35.3. The second-order valence-electron chi connectivity index (χ2n) is 14.5. The van der Waals surface area contributed by atoms with Crippen molar-refractivity contribution in [3.8, 4) is 34.0 Å². The number of hydrogen-bond acceptors (Lipinski definition) is 14. The number of amides is 1. The van der Waals surface area contributed by atoms with E-state index in [1.54, 1.807) is 24.5 Å². The predicted molar refractivity (Wildman–Crippen MR) is 220 cm³/mol. The van der Waals surface area contributed by atoms with E-state index in [0.717, 1.165) is 38.9 Å². The van der Waals surface area contributed by atoms with Crippen molar-refractivity contribution in [1.29, 1.82) is 0 Å². The van der Waals surface area contributed by atoms with Gasteiger partial charge < -0.3 is 14.6 Å². The summed E-state index contributed by atoms with van der Waals surface area (Å²) in [5.74, 6) is -0.651. The summed E-state index contributed by atoms with van der Waals surface area (Å²) in [7, 11) is -7.93. The number of sulfonamides is 2. The Morgan fingerprint density at radius 1 is 0.934 bits per heavy atom. The topological polar surface area (TPSA) is 266 Å². The predicted octanol–water partition coefficient (Wildman–Crippen LogP) is 3.72. The molecule has 6 aromatic rings. The molecule has 1 aliphatic rings. The Hall–Kier alpha value is -6.58. The largest absolute Gasteiger partial charge is 0.481 e. The number of benzene rings is 2. The number of carbonyl (C=O) groups excluding carboxylic acids is 1. The van der Waals surface area contributed by atoms with E-state index in [1.807, 2.05) is 64.1 Å². The van der Waals surface area contributed by atoms with Crippen LogP contribution in [-0.2, 0) is 55.6 Å². The van der Waals surface area contributed by atoms with Crippen LogP contribution in [0.4, 0.5) is 0 Å². The summed E-state index contributed by atoms with van der Waals surface area (Å²) in [6, 6.07) is 17.5. The van der Waals surface area contributed by atoms with Gasteiger partial charge in [-0.05, 0) is 57.3 Å². The Balaban J connectivity index is 0.000000204. The van der Waals surface area contributed by atoms with Gasteiger partial charge in [0.15, 0.2) is 10.1 Å². The number of primary sulfonamides is 1. The summed E-state index contributed by atoms with van der Waals surface area (Å²) in [6.45, 7) is 9.04. The number of carbonyl (C=O) groups is 2. The number of ether oxygens (including phenoxy) is 2. The number of aliphatic carboxylic acids is 1. The van der Waals surface area contributed by atoms with Crippen LogP contribution in [0.3, 0.4) is 0 Å². The van der Waals surface area contributed by atoms with Crippen molar-refractivity contribution in [2.45, 2.75) is 75.5 Å². The van der Waals surface area contributed by atoms with Crippen LogP contribution in [-0.4, -0.2) is 87.0 Å². The quantitative estimate of drug-likeness (QED) is 0.177. The summed E-state index contributed by atoms with van der Waals surface area (Å²) >= 11 is 0. The second-order valence-corrected chi connectivity index (χ2v) is 17.6. The van der Waals surface area contributed by atoms with Crippen LogP contribution in [0, 0.1) is 0 Å². The molecular weight excluding hydrogens is 829 g/mol. The second kappa shape index (κ2) is 18.8. The minimum atomic E-state index is -4.08. The lowest BCUT2D eigenvalue weighted by Crippen LogP contribution is -2.32. The van der Waals surface area contributed by atoms with Crippen LogP contribution in [0.25, 0.3) is 22.3 Å². The number of aromatic nitrogens is 8. The lowest BCUT2D eigenvalue weighted by molar-refractivity contribution is -0.136. The van der Waals surface area contributed by atoms with Gasteiger partial charge in [-0.25, -0.2) is 18.3 Å².